The zero-order valence-corrected chi connectivity index (χ0v) is 19.8. The number of carbonyl (C=O) groups excluding carboxylic acids is 1. The molecule has 1 aliphatic heterocycles. The third-order valence-electron chi connectivity index (χ3n) is 5.69. The predicted molar refractivity (Wildman–Crippen MR) is 127 cm³/mol. The first-order chi connectivity index (χ1) is 15.3. The molecular formula is C24H35N5O3. The number of benzene rings is 1. The number of piperidine rings is 1. The Balaban J connectivity index is 1.94. The van der Waals surface area contributed by atoms with Crippen LogP contribution in [0.2, 0.25) is 0 Å². The van der Waals surface area contributed by atoms with Gasteiger partial charge in [0.15, 0.2) is 5.82 Å². The van der Waals surface area contributed by atoms with Crippen molar-refractivity contribution in [1.29, 1.82) is 0 Å². The van der Waals surface area contributed by atoms with E-state index in [4.69, 9.17) is 4.74 Å². The molecule has 32 heavy (non-hydrogen) atoms. The van der Waals surface area contributed by atoms with E-state index in [-0.39, 0.29) is 24.1 Å². The van der Waals surface area contributed by atoms with Crippen LogP contribution < -0.4 is 20.5 Å². The third-order valence-corrected chi connectivity index (χ3v) is 5.69. The minimum Gasteiger partial charge on any atom is -0.497 e. The zero-order valence-electron chi connectivity index (χ0n) is 19.8. The van der Waals surface area contributed by atoms with Gasteiger partial charge in [-0.25, -0.2) is 4.98 Å². The number of rotatable bonds is 8. The molecular weight excluding hydrogens is 406 g/mol. The second-order valence-electron chi connectivity index (χ2n) is 9.01. The van der Waals surface area contributed by atoms with Crippen LogP contribution >= 0.6 is 0 Å². The summed E-state index contributed by atoms with van der Waals surface area (Å²) < 4.78 is 6.87. The molecule has 1 aromatic carbocycles. The van der Waals surface area contributed by atoms with Crippen LogP contribution in [0.1, 0.15) is 26.7 Å². The van der Waals surface area contributed by atoms with E-state index in [0.717, 1.165) is 38.0 Å². The molecule has 8 heteroatoms. The van der Waals surface area contributed by atoms with Crippen LogP contribution in [0.15, 0.2) is 35.3 Å². The number of nitrogens with one attached hydrogen (secondary N) is 1. The van der Waals surface area contributed by atoms with E-state index in [9.17, 15) is 9.59 Å². The summed E-state index contributed by atoms with van der Waals surface area (Å²) in [6.07, 6.45) is 3.73. The van der Waals surface area contributed by atoms with Gasteiger partial charge in [-0.1, -0.05) is 12.1 Å². The number of methoxy groups -OCH3 is 1. The number of aromatic nitrogens is 2. The van der Waals surface area contributed by atoms with Crippen molar-refractivity contribution in [3.05, 3.63) is 40.8 Å². The molecule has 0 radical (unpaired) electrons. The summed E-state index contributed by atoms with van der Waals surface area (Å²) in [6.45, 7) is 6.37. The van der Waals surface area contributed by atoms with Gasteiger partial charge in [0.2, 0.25) is 5.91 Å². The summed E-state index contributed by atoms with van der Waals surface area (Å²) in [7, 11) is 5.78. The molecule has 1 amide bonds. The second kappa shape index (κ2) is 10.6. The average Bonchev–Trinajstić information content (AvgIpc) is 2.75. The summed E-state index contributed by atoms with van der Waals surface area (Å²) in [5, 5.41) is 2.88. The number of anilines is 1. The van der Waals surface area contributed by atoms with E-state index in [1.807, 2.05) is 38.1 Å². The molecule has 0 aliphatic carbocycles. The van der Waals surface area contributed by atoms with Gasteiger partial charge in [-0.15, -0.1) is 0 Å². The fraction of sp³-hybridized carbons (Fsp3) is 0.542. The van der Waals surface area contributed by atoms with Crippen molar-refractivity contribution >= 4 is 11.7 Å². The van der Waals surface area contributed by atoms with Gasteiger partial charge in [-0.3, -0.25) is 14.2 Å². The molecule has 0 spiro atoms. The predicted octanol–water partition coefficient (Wildman–Crippen LogP) is 2.22. The number of carbonyl (C=O) groups is 1. The normalized spacial score (nSPS) is 14.8. The lowest BCUT2D eigenvalue weighted by Crippen LogP contribution is -2.42. The second-order valence-corrected chi connectivity index (χ2v) is 9.01. The zero-order chi connectivity index (χ0) is 23.3. The Kier molecular flexibility index (Phi) is 7.90. The molecule has 2 heterocycles. The molecule has 2 aromatic rings. The summed E-state index contributed by atoms with van der Waals surface area (Å²) in [4.78, 5) is 34.9. The van der Waals surface area contributed by atoms with Crippen LogP contribution in [0.4, 0.5) is 5.82 Å². The Morgan fingerprint density at radius 3 is 2.62 bits per heavy atom. The molecule has 1 aliphatic rings. The molecule has 3 rings (SSSR count). The molecule has 1 fully saturated rings. The molecule has 0 atom stereocenters. The summed E-state index contributed by atoms with van der Waals surface area (Å²) in [6, 6.07) is 7.44. The van der Waals surface area contributed by atoms with Crippen molar-refractivity contribution in [3.63, 3.8) is 0 Å². The largest absolute Gasteiger partial charge is 0.497 e. The SMILES string of the molecule is COc1cccc(-c2cnc(N3CCC(CN(C)C)CC3)c(=O)n2CC(=O)NC(C)C)c1. The van der Waals surface area contributed by atoms with Gasteiger partial charge >= 0.3 is 0 Å². The van der Waals surface area contributed by atoms with Gasteiger partial charge in [0.25, 0.3) is 5.56 Å². The fourth-order valence-electron chi connectivity index (χ4n) is 4.22. The molecule has 8 nitrogen and oxygen atoms in total. The first kappa shape index (κ1) is 23.8. The molecule has 0 unspecified atom stereocenters. The first-order valence-electron chi connectivity index (χ1n) is 11.2. The van der Waals surface area contributed by atoms with Gasteiger partial charge in [0.05, 0.1) is 19.0 Å². The third kappa shape index (κ3) is 5.88. The van der Waals surface area contributed by atoms with Crippen LogP contribution in [-0.2, 0) is 11.3 Å². The minimum atomic E-state index is -0.240. The van der Waals surface area contributed by atoms with Gasteiger partial charge in [0, 0.05) is 31.2 Å². The summed E-state index contributed by atoms with van der Waals surface area (Å²) in [5.74, 6) is 1.52. The highest BCUT2D eigenvalue weighted by Gasteiger charge is 2.24. The molecule has 0 saturated carbocycles. The fourth-order valence-corrected chi connectivity index (χ4v) is 4.22. The number of hydrogen-bond acceptors (Lipinski definition) is 6. The summed E-state index contributed by atoms with van der Waals surface area (Å²) >= 11 is 0. The Morgan fingerprint density at radius 1 is 1.28 bits per heavy atom. The lowest BCUT2D eigenvalue weighted by atomic mass is 9.96. The monoisotopic (exact) mass is 441 g/mol. The molecule has 1 N–H and O–H groups in total. The quantitative estimate of drug-likeness (QED) is 0.677. The van der Waals surface area contributed by atoms with Gasteiger partial charge < -0.3 is 19.9 Å². The topological polar surface area (TPSA) is 79.7 Å². The Morgan fingerprint density at radius 2 is 2.00 bits per heavy atom. The minimum absolute atomic E-state index is 0.00416. The number of hydrogen-bond donors (Lipinski definition) is 1. The number of ether oxygens (including phenoxy) is 1. The van der Waals surface area contributed by atoms with E-state index in [2.05, 4.69) is 34.2 Å². The van der Waals surface area contributed by atoms with Crippen LogP contribution in [0.5, 0.6) is 5.75 Å². The molecule has 1 saturated heterocycles. The Hall–Kier alpha value is -2.87. The number of nitrogens with zero attached hydrogens (tertiary/aromatic N) is 4. The van der Waals surface area contributed by atoms with Gasteiger partial charge in [0.1, 0.15) is 12.3 Å². The van der Waals surface area contributed by atoms with E-state index >= 15 is 0 Å². The highest BCUT2D eigenvalue weighted by Crippen LogP contribution is 2.25. The smallest absolute Gasteiger partial charge is 0.294 e. The van der Waals surface area contributed by atoms with Gasteiger partial charge in [-0.2, -0.15) is 0 Å². The molecule has 1 aromatic heterocycles. The van der Waals surface area contributed by atoms with Crippen molar-refractivity contribution in [2.45, 2.75) is 39.3 Å². The van der Waals surface area contributed by atoms with E-state index in [1.165, 1.54) is 4.57 Å². The lowest BCUT2D eigenvalue weighted by Gasteiger charge is -2.33. The van der Waals surface area contributed by atoms with Crippen LogP contribution in [0, 0.1) is 5.92 Å². The molecule has 0 bridgehead atoms. The summed E-state index contributed by atoms with van der Waals surface area (Å²) in [5.41, 5.74) is 1.14. The van der Waals surface area contributed by atoms with Crippen molar-refractivity contribution < 1.29 is 9.53 Å². The standard InChI is InChI=1S/C24H35N5O3/c1-17(2)26-22(30)16-29-21(19-7-6-8-20(13-19)32-5)14-25-23(24(29)31)28-11-9-18(10-12-28)15-27(3)4/h6-8,13-14,17-18H,9-12,15-16H2,1-5H3,(H,26,30). The van der Waals surface area contributed by atoms with Crippen molar-refractivity contribution in [2.75, 3.05) is 45.7 Å². The van der Waals surface area contributed by atoms with Crippen LogP contribution in [-0.4, -0.2) is 67.2 Å². The van der Waals surface area contributed by atoms with Crippen molar-refractivity contribution in [1.82, 2.24) is 19.8 Å². The highest BCUT2D eigenvalue weighted by atomic mass is 16.5. The highest BCUT2D eigenvalue weighted by molar-refractivity contribution is 5.77. The van der Waals surface area contributed by atoms with E-state index in [1.54, 1.807) is 13.3 Å². The van der Waals surface area contributed by atoms with Crippen molar-refractivity contribution in [2.24, 2.45) is 5.92 Å². The maximum atomic E-state index is 13.5. The maximum Gasteiger partial charge on any atom is 0.294 e. The van der Waals surface area contributed by atoms with Crippen LogP contribution in [0.3, 0.4) is 0 Å². The maximum absolute atomic E-state index is 13.5. The average molecular weight is 442 g/mol. The molecule has 174 valence electrons. The van der Waals surface area contributed by atoms with E-state index < -0.39 is 0 Å². The first-order valence-corrected chi connectivity index (χ1v) is 11.2. The van der Waals surface area contributed by atoms with Crippen molar-refractivity contribution in [3.8, 4) is 17.0 Å². The van der Waals surface area contributed by atoms with E-state index in [0.29, 0.717) is 23.2 Å². The Labute approximate surface area is 190 Å². The Bertz CT molecular complexity index is 978. The lowest BCUT2D eigenvalue weighted by molar-refractivity contribution is -0.122. The number of amides is 1. The van der Waals surface area contributed by atoms with Crippen LogP contribution in [0.25, 0.3) is 11.3 Å². The van der Waals surface area contributed by atoms with Gasteiger partial charge in [-0.05, 0) is 58.8 Å².